The van der Waals surface area contributed by atoms with Crippen LogP contribution < -0.4 is 5.32 Å². The van der Waals surface area contributed by atoms with Crippen molar-refractivity contribution in [2.75, 3.05) is 39.4 Å². The molecule has 2 heterocycles. The van der Waals surface area contributed by atoms with Crippen LogP contribution in [0.1, 0.15) is 24.5 Å². The average molecular weight is 413 g/mol. The number of rotatable bonds is 6. The van der Waals surface area contributed by atoms with Crippen molar-refractivity contribution < 1.29 is 27.5 Å². The van der Waals surface area contributed by atoms with Crippen LogP contribution in [0.3, 0.4) is 0 Å². The number of nitrogens with one attached hydrogen (secondary N) is 1. The zero-order valence-corrected chi connectivity index (χ0v) is 16.4. The Labute approximate surface area is 168 Å². The van der Waals surface area contributed by atoms with Gasteiger partial charge in [0.1, 0.15) is 0 Å². The van der Waals surface area contributed by atoms with Crippen LogP contribution in [0, 0.1) is 5.92 Å². The first-order chi connectivity index (χ1) is 13.7. The molecule has 3 rings (SSSR count). The van der Waals surface area contributed by atoms with E-state index in [0.29, 0.717) is 25.3 Å². The molecule has 29 heavy (non-hydrogen) atoms. The summed E-state index contributed by atoms with van der Waals surface area (Å²) in [4.78, 5) is 28.4. The summed E-state index contributed by atoms with van der Waals surface area (Å²) in [7, 11) is 0. The largest absolute Gasteiger partial charge is 0.416 e. The van der Waals surface area contributed by atoms with E-state index >= 15 is 0 Å². The van der Waals surface area contributed by atoms with Crippen LogP contribution in [-0.2, 0) is 27.0 Å². The molecule has 9 heteroatoms. The fraction of sp³-hybridized carbons (Fsp3) is 0.600. The fourth-order valence-corrected chi connectivity index (χ4v) is 3.71. The third-order valence-corrected chi connectivity index (χ3v) is 5.45. The van der Waals surface area contributed by atoms with E-state index in [-0.39, 0.29) is 37.4 Å². The topological polar surface area (TPSA) is 61.9 Å². The summed E-state index contributed by atoms with van der Waals surface area (Å²) in [5.41, 5.74) is -0.344. The standard InChI is InChI=1S/C20H26F3N3O3/c1-14(25-5-7-29-8-6-25)11-24-19(28)16-10-18(27)26(13-16)12-15-3-2-4-17(9-15)20(21,22)23/h2-4,9,14,16H,5-8,10-13H2,1H3,(H,24,28)/t14-,16-/m0/s1. The van der Waals surface area contributed by atoms with Gasteiger partial charge in [0.2, 0.25) is 11.8 Å². The molecule has 2 aliphatic rings. The van der Waals surface area contributed by atoms with Gasteiger partial charge in [0.25, 0.3) is 0 Å². The number of amides is 2. The monoisotopic (exact) mass is 413 g/mol. The Bertz CT molecular complexity index is 735. The number of morpholine rings is 1. The highest BCUT2D eigenvalue weighted by Gasteiger charge is 2.35. The molecule has 1 N–H and O–H groups in total. The maximum absolute atomic E-state index is 12.9. The first-order valence-corrected chi connectivity index (χ1v) is 9.77. The normalized spacial score (nSPS) is 22.0. The minimum atomic E-state index is -4.43. The zero-order valence-electron chi connectivity index (χ0n) is 16.4. The van der Waals surface area contributed by atoms with Crippen molar-refractivity contribution in [3.63, 3.8) is 0 Å². The number of hydrogen-bond donors (Lipinski definition) is 1. The van der Waals surface area contributed by atoms with Crippen molar-refractivity contribution in [3.8, 4) is 0 Å². The summed E-state index contributed by atoms with van der Waals surface area (Å²) >= 11 is 0. The van der Waals surface area contributed by atoms with Gasteiger partial charge in [-0.15, -0.1) is 0 Å². The minimum absolute atomic E-state index is 0.0662. The number of carbonyl (C=O) groups is 2. The molecule has 0 unspecified atom stereocenters. The van der Waals surface area contributed by atoms with Gasteiger partial charge in [-0.05, 0) is 24.6 Å². The number of nitrogens with zero attached hydrogens (tertiary/aromatic N) is 2. The Balaban J connectivity index is 1.51. The number of benzene rings is 1. The summed E-state index contributed by atoms with van der Waals surface area (Å²) in [6, 6.07) is 5.10. The quantitative estimate of drug-likeness (QED) is 0.774. The number of alkyl halides is 3. The van der Waals surface area contributed by atoms with Gasteiger partial charge in [-0.1, -0.05) is 12.1 Å². The van der Waals surface area contributed by atoms with Crippen LogP contribution in [0.5, 0.6) is 0 Å². The van der Waals surface area contributed by atoms with Gasteiger partial charge >= 0.3 is 6.18 Å². The number of carbonyl (C=O) groups excluding carboxylic acids is 2. The fourth-order valence-electron chi connectivity index (χ4n) is 3.71. The van der Waals surface area contributed by atoms with Crippen molar-refractivity contribution in [3.05, 3.63) is 35.4 Å². The lowest BCUT2D eigenvalue weighted by Gasteiger charge is -2.32. The lowest BCUT2D eigenvalue weighted by atomic mass is 10.1. The van der Waals surface area contributed by atoms with E-state index in [4.69, 9.17) is 4.74 Å². The average Bonchev–Trinajstić information content (AvgIpc) is 3.06. The van der Waals surface area contributed by atoms with Gasteiger partial charge < -0.3 is 15.0 Å². The minimum Gasteiger partial charge on any atom is -0.379 e. The predicted molar refractivity (Wildman–Crippen MR) is 99.8 cm³/mol. The van der Waals surface area contributed by atoms with Crippen LogP contribution >= 0.6 is 0 Å². The molecule has 0 saturated carbocycles. The highest BCUT2D eigenvalue weighted by atomic mass is 19.4. The van der Waals surface area contributed by atoms with E-state index in [1.54, 1.807) is 6.07 Å². The van der Waals surface area contributed by atoms with Gasteiger partial charge in [0.15, 0.2) is 0 Å². The molecule has 6 nitrogen and oxygen atoms in total. The third kappa shape index (κ3) is 5.70. The van der Waals surface area contributed by atoms with E-state index in [0.717, 1.165) is 25.2 Å². The second-order valence-corrected chi connectivity index (χ2v) is 7.62. The predicted octanol–water partition coefficient (Wildman–Crippen LogP) is 1.89. The molecule has 0 spiro atoms. The second-order valence-electron chi connectivity index (χ2n) is 7.62. The maximum atomic E-state index is 12.9. The van der Waals surface area contributed by atoms with E-state index in [2.05, 4.69) is 10.2 Å². The molecule has 2 atom stereocenters. The van der Waals surface area contributed by atoms with Crippen LogP contribution in [0.4, 0.5) is 13.2 Å². The van der Waals surface area contributed by atoms with E-state index in [1.165, 1.54) is 11.0 Å². The van der Waals surface area contributed by atoms with Gasteiger partial charge in [-0.25, -0.2) is 0 Å². The van der Waals surface area contributed by atoms with Gasteiger partial charge in [0, 0.05) is 45.2 Å². The van der Waals surface area contributed by atoms with Crippen molar-refractivity contribution >= 4 is 11.8 Å². The first-order valence-electron chi connectivity index (χ1n) is 9.77. The molecule has 2 fully saturated rings. The van der Waals surface area contributed by atoms with Crippen LogP contribution in [0.2, 0.25) is 0 Å². The van der Waals surface area contributed by atoms with Gasteiger partial charge in [-0.2, -0.15) is 13.2 Å². The number of halogens is 3. The van der Waals surface area contributed by atoms with E-state index in [9.17, 15) is 22.8 Å². The van der Waals surface area contributed by atoms with Gasteiger partial charge in [0.05, 0.1) is 24.7 Å². The summed E-state index contributed by atoms with van der Waals surface area (Å²) in [5, 5.41) is 2.91. The van der Waals surface area contributed by atoms with Gasteiger partial charge in [-0.3, -0.25) is 14.5 Å². The Morgan fingerprint density at radius 1 is 1.31 bits per heavy atom. The molecule has 2 saturated heterocycles. The summed E-state index contributed by atoms with van der Waals surface area (Å²) in [5.74, 6) is -0.890. The molecule has 2 aliphatic heterocycles. The number of likely N-dealkylation sites (tertiary alicyclic amines) is 1. The molecule has 2 amide bonds. The summed E-state index contributed by atoms with van der Waals surface area (Å²) in [6.45, 7) is 5.80. The number of ether oxygens (including phenoxy) is 1. The second kappa shape index (κ2) is 9.13. The molecule has 0 aliphatic carbocycles. The van der Waals surface area contributed by atoms with Crippen LogP contribution in [0.15, 0.2) is 24.3 Å². The lowest BCUT2D eigenvalue weighted by Crippen LogP contribution is -2.48. The molecule has 0 aromatic heterocycles. The highest BCUT2D eigenvalue weighted by molar-refractivity contribution is 5.89. The third-order valence-electron chi connectivity index (χ3n) is 5.45. The molecular weight excluding hydrogens is 387 g/mol. The Hall–Kier alpha value is -2.13. The number of hydrogen-bond acceptors (Lipinski definition) is 4. The molecule has 1 aromatic carbocycles. The van der Waals surface area contributed by atoms with E-state index in [1.807, 2.05) is 6.92 Å². The van der Waals surface area contributed by atoms with Crippen molar-refractivity contribution in [2.45, 2.75) is 32.1 Å². The van der Waals surface area contributed by atoms with Crippen LogP contribution in [0.25, 0.3) is 0 Å². The summed E-state index contributed by atoms with van der Waals surface area (Å²) < 4.78 is 43.9. The molecule has 0 radical (unpaired) electrons. The summed E-state index contributed by atoms with van der Waals surface area (Å²) in [6.07, 6.45) is -4.35. The van der Waals surface area contributed by atoms with Crippen molar-refractivity contribution in [1.82, 2.24) is 15.1 Å². The Morgan fingerprint density at radius 3 is 2.72 bits per heavy atom. The van der Waals surface area contributed by atoms with Crippen LogP contribution in [-0.4, -0.2) is 67.0 Å². The SMILES string of the molecule is C[C@@H](CNC(=O)[C@H]1CC(=O)N(Cc2cccc(C(F)(F)F)c2)C1)N1CCOCC1. The Morgan fingerprint density at radius 2 is 2.03 bits per heavy atom. The van der Waals surface area contributed by atoms with Crippen molar-refractivity contribution in [1.29, 1.82) is 0 Å². The molecule has 1 aromatic rings. The molecule has 160 valence electrons. The molecule has 0 bridgehead atoms. The van der Waals surface area contributed by atoms with Crippen molar-refractivity contribution in [2.24, 2.45) is 5.92 Å². The lowest BCUT2D eigenvalue weighted by molar-refractivity contribution is -0.137. The smallest absolute Gasteiger partial charge is 0.379 e. The Kier molecular flexibility index (Phi) is 6.79. The maximum Gasteiger partial charge on any atom is 0.416 e. The highest BCUT2D eigenvalue weighted by Crippen LogP contribution is 2.30. The first kappa shape index (κ1) is 21.6. The van der Waals surface area contributed by atoms with E-state index < -0.39 is 17.7 Å². The zero-order chi connectivity index (χ0) is 21.0. The molecular formula is C20H26F3N3O3.